The normalized spacial score (nSPS) is 11.8. The quantitative estimate of drug-likeness (QED) is 0.139. The van der Waals surface area contributed by atoms with Crippen molar-refractivity contribution in [2.45, 2.75) is 80.1 Å². The predicted octanol–water partition coefficient (Wildman–Crippen LogP) is 7.92. The summed E-state index contributed by atoms with van der Waals surface area (Å²) in [4.78, 5) is 13.8. The van der Waals surface area contributed by atoms with Crippen LogP contribution in [-0.4, -0.2) is 31.3 Å². The molecule has 0 saturated heterocycles. The summed E-state index contributed by atoms with van der Waals surface area (Å²) in [5.74, 6) is -2.86. The van der Waals surface area contributed by atoms with Crippen LogP contribution in [0, 0.1) is 0 Å². The van der Waals surface area contributed by atoms with Crippen LogP contribution < -0.4 is 0 Å². The van der Waals surface area contributed by atoms with E-state index in [1.54, 1.807) is 0 Å². The van der Waals surface area contributed by atoms with Crippen molar-refractivity contribution in [2.24, 2.45) is 0 Å². The smallest absolute Gasteiger partial charge is 0.201 e. The van der Waals surface area contributed by atoms with Crippen LogP contribution in [0.15, 0.2) is 64.8 Å². The Hall–Kier alpha value is -3.93. The third-order valence-electron chi connectivity index (χ3n) is 6.52. The molecule has 0 atom stereocenters. The number of phenols is 5. The highest BCUT2D eigenvalue weighted by Gasteiger charge is 2.27. The van der Waals surface area contributed by atoms with Gasteiger partial charge >= 0.3 is 0 Å². The minimum atomic E-state index is -0.757. The lowest BCUT2D eigenvalue weighted by Crippen LogP contribution is -2.11. The Morgan fingerprint density at radius 2 is 1.00 bits per heavy atom. The van der Waals surface area contributed by atoms with E-state index in [1.165, 1.54) is 17.2 Å². The Balaban J connectivity index is 2.62. The van der Waals surface area contributed by atoms with Gasteiger partial charge in [0.1, 0.15) is 34.3 Å². The zero-order chi connectivity index (χ0) is 29.3. The lowest BCUT2D eigenvalue weighted by Gasteiger charge is -2.18. The summed E-state index contributed by atoms with van der Waals surface area (Å²) < 4.78 is 0. The maximum absolute atomic E-state index is 13.8. The van der Waals surface area contributed by atoms with Crippen molar-refractivity contribution in [3.05, 3.63) is 87.0 Å². The fourth-order valence-corrected chi connectivity index (χ4v) is 4.32. The Labute approximate surface area is 232 Å². The summed E-state index contributed by atoms with van der Waals surface area (Å²) in [6.07, 6.45) is 11.9. The first-order valence-electron chi connectivity index (χ1n) is 13.3. The highest BCUT2D eigenvalue weighted by Crippen LogP contribution is 2.40. The Kier molecular flexibility index (Phi) is 11.5. The zero-order valence-corrected chi connectivity index (χ0v) is 23.9. The standard InChI is InChI=1S/C33H42O6/c1-20(2)9-7-11-22(5)13-15-25-27(35)19-28(36)26(16-14-23(6)12-8-10-21(3)4)31(25)33(39)32-29(37)17-24(34)18-30(32)38/h9-10,13-14,17-19,34-38H,7-8,11-12,15-16H2,1-6H3/b22-13+,23-14+. The second-order valence-electron chi connectivity index (χ2n) is 10.6. The molecule has 0 unspecified atom stereocenters. The monoisotopic (exact) mass is 534 g/mol. The second-order valence-corrected chi connectivity index (χ2v) is 10.6. The Morgan fingerprint density at radius 3 is 1.38 bits per heavy atom. The van der Waals surface area contributed by atoms with Crippen molar-refractivity contribution >= 4 is 5.78 Å². The first kappa shape index (κ1) is 31.3. The molecule has 0 saturated carbocycles. The van der Waals surface area contributed by atoms with Crippen LogP contribution in [0.4, 0.5) is 0 Å². The lowest BCUT2D eigenvalue weighted by atomic mass is 9.87. The molecule has 0 amide bonds. The van der Waals surface area contributed by atoms with Gasteiger partial charge in [-0.25, -0.2) is 0 Å². The highest BCUT2D eigenvalue weighted by molar-refractivity contribution is 6.15. The van der Waals surface area contributed by atoms with Crippen LogP contribution in [0.3, 0.4) is 0 Å². The van der Waals surface area contributed by atoms with Gasteiger partial charge in [-0.05, 0) is 80.1 Å². The van der Waals surface area contributed by atoms with Gasteiger partial charge in [0.25, 0.3) is 0 Å². The molecule has 0 heterocycles. The number of benzene rings is 2. The summed E-state index contributed by atoms with van der Waals surface area (Å²) in [6, 6.07) is 3.17. The van der Waals surface area contributed by atoms with Gasteiger partial charge in [0.2, 0.25) is 5.78 Å². The van der Waals surface area contributed by atoms with Crippen molar-refractivity contribution < 1.29 is 30.3 Å². The molecular formula is C33H42O6. The van der Waals surface area contributed by atoms with E-state index in [9.17, 15) is 30.3 Å². The molecule has 0 aliphatic carbocycles. The van der Waals surface area contributed by atoms with Crippen LogP contribution in [-0.2, 0) is 12.8 Å². The number of hydrogen-bond donors (Lipinski definition) is 5. The van der Waals surface area contributed by atoms with Gasteiger partial charge in [0.15, 0.2) is 0 Å². The van der Waals surface area contributed by atoms with Gasteiger partial charge < -0.3 is 25.5 Å². The van der Waals surface area contributed by atoms with Crippen molar-refractivity contribution in [1.82, 2.24) is 0 Å². The van der Waals surface area contributed by atoms with Crippen molar-refractivity contribution in [2.75, 3.05) is 0 Å². The summed E-state index contributed by atoms with van der Waals surface area (Å²) in [5.41, 5.74) is 4.80. The summed E-state index contributed by atoms with van der Waals surface area (Å²) in [7, 11) is 0. The van der Waals surface area contributed by atoms with E-state index in [2.05, 4.69) is 12.2 Å². The number of rotatable bonds is 12. The zero-order valence-electron chi connectivity index (χ0n) is 23.9. The molecule has 2 aromatic rings. The molecule has 2 rings (SSSR count). The van der Waals surface area contributed by atoms with Crippen molar-refractivity contribution in [3.8, 4) is 28.7 Å². The van der Waals surface area contributed by atoms with Gasteiger partial charge in [-0.2, -0.15) is 0 Å². The summed E-state index contributed by atoms with van der Waals surface area (Å²) in [6.45, 7) is 12.1. The fraction of sp³-hybridized carbons (Fsp3) is 0.364. The van der Waals surface area contributed by atoms with Gasteiger partial charge in [0.05, 0.1) is 0 Å². The molecule has 2 aromatic carbocycles. The van der Waals surface area contributed by atoms with Crippen LogP contribution in [0.2, 0.25) is 0 Å². The van der Waals surface area contributed by atoms with Crippen molar-refractivity contribution in [1.29, 1.82) is 0 Å². The van der Waals surface area contributed by atoms with Gasteiger partial charge in [-0.15, -0.1) is 0 Å². The molecular weight excluding hydrogens is 492 g/mol. The van der Waals surface area contributed by atoms with E-state index in [0.717, 1.165) is 49.0 Å². The lowest BCUT2D eigenvalue weighted by molar-refractivity contribution is 0.103. The first-order chi connectivity index (χ1) is 18.3. The number of phenolic OH excluding ortho intramolecular Hbond substituents is 5. The van der Waals surface area contributed by atoms with Crippen LogP contribution in [0.25, 0.3) is 0 Å². The Bertz CT molecular complexity index is 1230. The molecule has 0 aromatic heterocycles. The number of allylic oxidation sites excluding steroid dienone is 8. The molecule has 210 valence electrons. The maximum Gasteiger partial charge on any atom is 0.201 e. The van der Waals surface area contributed by atoms with E-state index < -0.39 is 28.6 Å². The maximum atomic E-state index is 13.8. The number of carbonyl (C=O) groups is 1. The van der Waals surface area contributed by atoms with Crippen molar-refractivity contribution in [3.63, 3.8) is 0 Å². The molecule has 6 heteroatoms. The molecule has 0 spiro atoms. The fourth-order valence-electron chi connectivity index (χ4n) is 4.32. The average Bonchev–Trinajstić information content (AvgIpc) is 2.81. The number of aromatic hydroxyl groups is 5. The molecule has 0 fully saturated rings. The molecule has 5 N–H and O–H groups in total. The van der Waals surface area contributed by atoms with Crippen LogP contribution >= 0.6 is 0 Å². The van der Waals surface area contributed by atoms with E-state index in [1.807, 2.05) is 53.7 Å². The highest BCUT2D eigenvalue weighted by atomic mass is 16.3. The summed E-state index contributed by atoms with van der Waals surface area (Å²) in [5, 5.41) is 52.3. The molecule has 0 radical (unpaired) electrons. The average molecular weight is 535 g/mol. The van der Waals surface area contributed by atoms with Gasteiger partial charge in [-0.1, -0.05) is 46.6 Å². The topological polar surface area (TPSA) is 118 Å². The van der Waals surface area contributed by atoms with E-state index in [-0.39, 0.29) is 41.0 Å². The summed E-state index contributed by atoms with van der Waals surface area (Å²) >= 11 is 0. The number of carbonyl (C=O) groups excluding carboxylic acids is 1. The minimum absolute atomic E-state index is 0.0190. The van der Waals surface area contributed by atoms with Gasteiger partial charge in [-0.3, -0.25) is 4.79 Å². The third kappa shape index (κ3) is 9.10. The largest absolute Gasteiger partial charge is 0.508 e. The predicted molar refractivity (Wildman–Crippen MR) is 157 cm³/mol. The van der Waals surface area contributed by atoms with E-state index >= 15 is 0 Å². The Morgan fingerprint density at radius 1 is 0.590 bits per heavy atom. The second kappa shape index (κ2) is 14.3. The van der Waals surface area contributed by atoms with Gasteiger partial charge in [0, 0.05) is 34.9 Å². The first-order valence-corrected chi connectivity index (χ1v) is 13.3. The van der Waals surface area contributed by atoms with Crippen LogP contribution in [0.5, 0.6) is 28.7 Å². The molecule has 0 aliphatic rings. The molecule has 39 heavy (non-hydrogen) atoms. The molecule has 0 bridgehead atoms. The van der Waals surface area contributed by atoms with E-state index in [0.29, 0.717) is 0 Å². The minimum Gasteiger partial charge on any atom is -0.508 e. The molecule has 0 aliphatic heterocycles. The SMILES string of the molecule is CC(C)=CCC/C(C)=C/Cc1c(O)cc(O)c(C/C=C(\C)CCC=C(C)C)c1C(=O)c1c(O)cc(O)cc1O. The number of hydrogen-bond acceptors (Lipinski definition) is 6. The number of ketones is 1. The molecule has 6 nitrogen and oxygen atoms in total. The van der Waals surface area contributed by atoms with Crippen LogP contribution in [0.1, 0.15) is 94.3 Å². The van der Waals surface area contributed by atoms with E-state index in [4.69, 9.17) is 0 Å². The third-order valence-corrected chi connectivity index (χ3v) is 6.52.